The predicted octanol–water partition coefficient (Wildman–Crippen LogP) is 4.01. The summed E-state index contributed by atoms with van der Waals surface area (Å²) < 4.78 is 6.98. The summed E-state index contributed by atoms with van der Waals surface area (Å²) in [7, 11) is 1.60. The zero-order valence-electron chi connectivity index (χ0n) is 11.9. The molecule has 0 aliphatic rings. The van der Waals surface area contributed by atoms with E-state index in [1.807, 2.05) is 36.4 Å². The van der Waals surface area contributed by atoms with Crippen LogP contribution < -0.4 is 4.74 Å². The number of halogens is 1. The molecular formula is C17H13ClN2O2. The highest BCUT2D eigenvalue weighted by Gasteiger charge is 2.13. The van der Waals surface area contributed by atoms with Crippen molar-refractivity contribution in [3.8, 4) is 22.7 Å². The number of hydrogen-bond donors (Lipinski definition) is 0. The number of benzene rings is 2. The van der Waals surface area contributed by atoms with Crippen molar-refractivity contribution in [2.45, 2.75) is 0 Å². The Labute approximate surface area is 132 Å². The molecule has 0 aliphatic heterocycles. The zero-order chi connectivity index (χ0) is 15.5. The normalized spacial score (nSPS) is 10.5. The van der Waals surface area contributed by atoms with Gasteiger partial charge >= 0.3 is 0 Å². The highest BCUT2D eigenvalue weighted by atomic mass is 35.5. The van der Waals surface area contributed by atoms with E-state index in [9.17, 15) is 4.79 Å². The third kappa shape index (κ3) is 2.61. The van der Waals surface area contributed by atoms with Gasteiger partial charge in [-0.05, 0) is 24.3 Å². The maximum atomic E-state index is 11.4. The maximum Gasteiger partial charge on any atom is 0.153 e. The largest absolute Gasteiger partial charge is 0.494 e. The van der Waals surface area contributed by atoms with Gasteiger partial charge in [-0.15, -0.1) is 0 Å². The van der Waals surface area contributed by atoms with Gasteiger partial charge in [0.25, 0.3) is 0 Å². The van der Waals surface area contributed by atoms with Gasteiger partial charge in [0.05, 0.1) is 12.7 Å². The molecule has 5 heteroatoms. The molecule has 3 rings (SSSR count). The first-order chi connectivity index (χ1) is 10.7. The fourth-order valence-corrected chi connectivity index (χ4v) is 2.37. The van der Waals surface area contributed by atoms with E-state index in [1.165, 1.54) is 0 Å². The van der Waals surface area contributed by atoms with Gasteiger partial charge in [-0.1, -0.05) is 35.9 Å². The summed E-state index contributed by atoms with van der Waals surface area (Å²) >= 11 is 5.90. The summed E-state index contributed by atoms with van der Waals surface area (Å²) in [5, 5.41) is 5.16. The molecule has 1 heterocycles. The Balaban J connectivity index is 2.12. The van der Waals surface area contributed by atoms with Crippen molar-refractivity contribution in [3.63, 3.8) is 0 Å². The minimum atomic E-state index is 0.508. The molecular weight excluding hydrogens is 300 g/mol. The molecule has 110 valence electrons. The van der Waals surface area contributed by atoms with Crippen LogP contribution in [0.3, 0.4) is 0 Å². The Morgan fingerprint density at radius 3 is 2.55 bits per heavy atom. The molecule has 0 atom stereocenters. The topological polar surface area (TPSA) is 44.1 Å². The molecule has 0 N–H and O–H groups in total. The van der Waals surface area contributed by atoms with E-state index in [0.29, 0.717) is 22.0 Å². The summed E-state index contributed by atoms with van der Waals surface area (Å²) in [6.45, 7) is 0. The lowest BCUT2D eigenvalue weighted by atomic mass is 10.1. The van der Waals surface area contributed by atoms with Crippen molar-refractivity contribution >= 4 is 17.9 Å². The van der Waals surface area contributed by atoms with Crippen molar-refractivity contribution in [2.75, 3.05) is 7.11 Å². The predicted molar refractivity (Wildman–Crippen MR) is 85.9 cm³/mol. The fourth-order valence-electron chi connectivity index (χ4n) is 2.25. The smallest absolute Gasteiger partial charge is 0.153 e. The number of ether oxygens (including phenoxy) is 1. The second-order valence-electron chi connectivity index (χ2n) is 4.67. The number of methoxy groups -OCH3 is 1. The molecule has 0 bridgehead atoms. The van der Waals surface area contributed by atoms with E-state index >= 15 is 0 Å². The number of hydrogen-bond acceptors (Lipinski definition) is 3. The Bertz CT molecular complexity index is 810. The number of nitrogens with zero attached hydrogens (tertiary/aromatic N) is 2. The van der Waals surface area contributed by atoms with Crippen LogP contribution in [0.4, 0.5) is 0 Å². The minimum absolute atomic E-state index is 0.508. The fraction of sp³-hybridized carbons (Fsp3) is 0.0588. The third-order valence-corrected chi connectivity index (χ3v) is 3.57. The van der Waals surface area contributed by atoms with Crippen molar-refractivity contribution in [3.05, 3.63) is 65.3 Å². The van der Waals surface area contributed by atoms with Gasteiger partial charge in [-0.3, -0.25) is 4.79 Å². The molecule has 1 aromatic heterocycles. The Morgan fingerprint density at radius 1 is 1.14 bits per heavy atom. The van der Waals surface area contributed by atoms with Crippen molar-refractivity contribution in [2.24, 2.45) is 0 Å². The average molecular weight is 313 g/mol. The van der Waals surface area contributed by atoms with Gasteiger partial charge in [0.15, 0.2) is 6.29 Å². The number of aromatic nitrogens is 2. The maximum absolute atomic E-state index is 11.4. The molecule has 0 spiro atoms. The van der Waals surface area contributed by atoms with Crippen molar-refractivity contribution < 1.29 is 9.53 Å². The lowest BCUT2D eigenvalue weighted by molar-refractivity contribution is 0.112. The molecule has 0 fully saturated rings. The van der Waals surface area contributed by atoms with Crippen molar-refractivity contribution in [1.82, 2.24) is 9.78 Å². The summed E-state index contributed by atoms with van der Waals surface area (Å²) in [4.78, 5) is 11.4. The van der Waals surface area contributed by atoms with E-state index in [2.05, 4.69) is 5.10 Å². The Kier molecular flexibility index (Phi) is 3.94. The highest BCUT2D eigenvalue weighted by Crippen LogP contribution is 2.27. The standard InChI is InChI=1S/C17H13ClN2O2/c1-22-16-5-3-2-4-15(16)20-10-13(11-21)17(19-20)12-6-8-14(18)9-7-12/h2-11H,1H3. The second kappa shape index (κ2) is 6.03. The summed E-state index contributed by atoms with van der Waals surface area (Å²) in [6, 6.07) is 14.7. The molecule has 2 aromatic carbocycles. The monoisotopic (exact) mass is 312 g/mol. The molecule has 0 aliphatic carbocycles. The van der Waals surface area contributed by atoms with Gasteiger partial charge in [0.2, 0.25) is 0 Å². The van der Waals surface area contributed by atoms with Crippen LogP contribution in [-0.4, -0.2) is 23.2 Å². The van der Waals surface area contributed by atoms with Gasteiger partial charge in [-0.2, -0.15) is 5.10 Å². The molecule has 4 nitrogen and oxygen atoms in total. The lowest BCUT2D eigenvalue weighted by Gasteiger charge is -2.07. The zero-order valence-corrected chi connectivity index (χ0v) is 12.6. The Hall–Kier alpha value is -2.59. The molecule has 0 unspecified atom stereocenters. The summed E-state index contributed by atoms with van der Waals surface area (Å²) in [5.41, 5.74) is 2.72. The number of para-hydroxylation sites is 2. The quantitative estimate of drug-likeness (QED) is 0.684. The summed E-state index contributed by atoms with van der Waals surface area (Å²) in [6.07, 6.45) is 2.48. The first-order valence-corrected chi connectivity index (χ1v) is 7.05. The van der Waals surface area contributed by atoms with Crippen LogP contribution in [0.25, 0.3) is 16.9 Å². The van der Waals surface area contributed by atoms with E-state index in [-0.39, 0.29) is 0 Å². The molecule has 0 amide bonds. The van der Waals surface area contributed by atoms with Gasteiger partial charge in [0.1, 0.15) is 17.1 Å². The molecule has 0 saturated carbocycles. The van der Waals surface area contributed by atoms with Crippen LogP contribution in [0.5, 0.6) is 5.75 Å². The van der Waals surface area contributed by atoms with Crippen LogP contribution in [0, 0.1) is 0 Å². The van der Waals surface area contributed by atoms with Crippen LogP contribution in [0.1, 0.15) is 10.4 Å². The highest BCUT2D eigenvalue weighted by molar-refractivity contribution is 6.30. The summed E-state index contributed by atoms with van der Waals surface area (Å²) in [5.74, 6) is 0.685. The van der Waals surface area contributed by atoms with Gasteiger partial charge in [0, 0.05) is 16.8 Å². The van der Waals surface area contributed by atoms with Crippen LogP contribution in [0.2, 0.25) is 5.02 Å². The third-order valence-electron chi connectivity index (χ3n) is 3.32. The number of rotatable bonds is 4. The van der Waals surface area contributed by atoms with E-state index in [0.717, 1.165) is 17.5 Å². The lowest BCUT2D eigenvalue weighted by Crippen LogP contribution is -1.98. The second-order valence-corrected chi connectivity index (χ2v) is 5.11. The van der Waals surface area contributed by atoms with Crippen LogP contribution in [-0.2, 0) is 0 Å². The molecule has 0 radical (unpaired) electrons. The first kappa shape index (κ1) is 14.4. The first-order valence-electron chi connectivity index (χ1n) is 6.67. The van der Waals surface area contributed by atoms with Gasteiger partial charge in [-0.25, -0.2) is 4.68 Å². The number of carbonyl (C=O) groups excluding carboxylic acids is 1. The minimum Gasteiger partial charge on any atom is -0.494 e. The van der Waals surface area contributed by atoms with Crippen LogP contribution in [0.15, 0.2) is 54.7 Å². The SMILES string of the molecule is COc1ccccc1-n1cc(C=O)c(-c2ccc(Cl)cc2)n1. The number of carbonyl (C=O) groups is 1. The van der Waals surface area contributed by atoms with Crippen LogP contribution >= 0.6 is 11.6 Å². The Morgan fingerprint density at radius 2 is 1.86 bits per heavy atom. The van der Waals surface area contributed by atoms with E-state index in [4.69, 9.17) is 16.3 Å². The molecule has 0 saturated heterocycles. The molecule has 3 aromatic rings. The average Bonchev–Trinajstić information content (AvgIpc) is 2.99. The van der Waals surface area contributed by atoms with Crippen molar-refractivity contribution in [1.29, 1.82) is 0 Å². The van der Waals surface area contributed by atoms with E-state index in [1.54, 1.807) is 30.1 Å². The van der Waals surface area contributed by atoms with Gasteiger partial charge < -0.3 is 4.74 Å². The molecule has 22 heavy (non-hydrogen) atoms. The van der Waals surface area contributed by atoms with E-state index < -0.39 is 0 Å². The number of aldehydes is 1.